The predicted octanol–water partition coefficient (Wildman–Crippen LogP) is 5.12. The molecular weight excluding hydrogens is 360 g/mol. The van der Waals surface area contributed by atoms with E-state index in [-0.39, 0.29) is 9.92 Å². The van der Waals surface area contributed by atoms with Gasteiger partial charge in [-0.2, -0.15) is 0 Å². The maximum absolute atomic E-state index is 11.9. The number of rotatable bonds is 5. The first-order valence-corrected chi connectivity index (χ1v) is 12.8. The fraction of sp³-hybridized carbons (Fsp3) is 0.588. The number of halogens is 1. The maximum atomic E-state index is 11.9. The van der Waals surface area contributed by atoms with Crippen LogP contribution in [0.4, 0.5) is 0 Å². The molecule has 0 saturated heterocycles. The minimum Gasteiger partial charge on any atom is -0.359 e. The Morgan fingerprint density at radius 3 is 2.00 bits per heavy atom. The maximum Gasteiger partial charge on any atom is 0.178 e. The fourth-order valence-electron chi connectivity index (χ4n) is 4.44. The second kappa shape index (κ2) is 6.46. The van der Waals surface area contributed by atoms with Gasteiger partial charge in [-0.05, 0) is 28.9 Å². The minimum absolute atomic E-state index is 0.0975. The van der Waals surface area contributed by atoms with E-state index in [0.29, 0.717) is 16.6 Å². The number of hydrogen-bond acceptors (Lipinski definition) is 3. The summed E-state index contributed by atoms with van der Waals surface area (Å²) in [4.78, 5) is 4.61. The Balaban J connectivity index is 2.86. The Labute approximate surface area is 151 Å². The third kappa shape index (κ3) is 2.82. The van der Waals surface area contributed by atoms with E-state index in [4.69, 9.17) is 11.6 Å². The molecule has 0 atom stereocenters. The van der Waals surface area contributed by atoms with Crippen LogP contribution in [0.2, 0.25) is 21.6 Å². The SMILES string of the molecule is CC(C)[Si](C(C)C)(C(C)C)n1ccc2c(Cl)c(S(C)(=O)=O)cnc21. The summed E-state index contributed by atoms with van der Waals surface area (Å²) in [6, 6.07) is 1.91. The zero-order chi connectivity index (χ0) is 18.4. The standard InChI is InChI=1S/C17H27ClN2O2SSi/c1-11(2)24(12(3)4,13(5)6)20-9-8-14-16(18)15(23(7,21)22)10-19-17(14)20/h8-13H,1-7H3. The molecule has 2 rings (SSSR count). The highest BCUT2D eigenvalue weighted by Crippen LogP contribution is 2.44. The summed E-state index contributed by atoms with van der Waals surface area (Å²) < 4.78 is 26.1. The van der Waals surface area contributed by atoms with Gasteiger partial charge in [0.2, 0.25) is 0 Å². The van der Waals surface area contributed by atoms with Crippen LogP contribution in [0, 0.1) is 0 Å². The Morgan fingerprint density at radius 1 is 1.08 bits per heavy atom. The molecule has 0 saturated carbocycles. The van der Waals surface area contributed by atoms with Crippen molar-refractivity contribution in [2.75, 3.05) is 6.26 Å². The summed E-state index contributed by atoms with van der Waals surface area (Å²) in [5, 5.41) is 0.999. The Kier molecular flexibility index (Phi) is 5.24. The Morgan fingerprint density at radius 2 is 1.58 bits per heavy atom. The average molecular weight is 387 g/mol. The summed E-state index contributed by atoms with van der Waals surface area (Å²) in [7, 11) is -5.35. The number of nitrogens with zero attached hydrogens (tertiary/aromatic N) is 2. The normalized spacial score (nSPS) is 13.6. The molecule has 0 bridgehead atoms. The molecule has 2 aromatic rings. The number of aromatic nitrogens is 2. The number of hydrogen-bond donors (Lipinski definition) is 0. The molecule has 24 heavy (non-hydrogen) atoms. The second-order valence-corrected chi connectivity index (χ2v) is 15.6. The number of sulfone groups is 1. The van der Waals surface area contributed by atoms with E-state index in [9.17, 15) is 8.42 Å². The van der Waals surface area contributed by atoms with Crippen LogP contribution in [0.15, 0.2) is 23.4 Å². The monoisotopic (exact) mass is 386 g/mol. The molecule has 0 spiro atoms. The summed E-state index contributed by atoms with van der Waals surface area (Å²) in [5.74, 6) is 0. The highest BCUT2D eigenvalue weighted by molar-refractivity contribution is 7.90. The van der Waals surface area contributed by atoms with Gasteiger partial charge in [0.15, 0.2) is 18.1 Å². The van der Waals surface area contributed by atoms with Gasteiger partial charge in [0, 0.05) is 17.8 Å². The highest BCUT2D eigenvalue weighted by atomic mass is 35.5. The second-order valence-electron chi connectivity index (χ2n) is 7.48. The zero-order valence-corrected chi connectivity index (χ0v) is 18.0. The van der Waals surface area contributed by atoms with Gasteiger partial charge in [-0.3, -0.25) is 0 Å². The predicted molar refractivity (Wildman–Crippen MR) is 104 cm³/mol. The van der Waals surface area contributed by atoms with Crippen molar-refractivity contribution in [2.24, 2.45) is 0 Å². The van der Waals surface area contributed by atoms with Gasteiger partial charge in [0.05, 0.1) is 5.02 Å². The zero-order valence-electron chi connectivity index (χ0n) is 15.5. The largest absolute Gasteiger partial charge is 0.359 e. The third-order valence-electron chi connectivity index (χ3n) is 5.21. The molecule has 0 aliphatic rings. The molecule has 0 amide bonds. The van der Waals surface area contributed by atoms with Crippen molar-refractivity contribution in [1.82, 2.24) is 9.22 Å². The van der Waals surface area contributed by atoms with Gasteiger partial charge in [-0.1, -0.05) is 53.1 Å². The van der Waals surface area contributed by atoms with E-state index in [0.717, 1.165) is 17.3 Å². The van der Waals surface area contributed by atoms with Gasteiger partial charge in [-0.25, -0.2) is 13.4 Å². The average Bonchev–Trinajstić information content (AvgIpc) is 2.82. The summed E-state index contributed by atoms with van der Waals surface area (Å²) >= 11 is 6.41. The number of fused-ring (bicyclic) bond motifs is 1. The van der Waals surface area contributed by atoms with Crippen molar-refractivity contribution in [3.63, 3.8) is 0 Å². The quantitative estimate of drug-likeness (QED) is 0.670. The van der Waals surface area contributed by atoms with Crippen LogP contribution in [0.5, 0.6) is 0 Å². The molecule has 0 aromatic carbocycles. The van der Waals surface area contributed by atoms with Gasteiger partial charge >= 0.3 is 0 Å². The number of pyridine rings is 1. The molecule has 0 fully saturated rings. The van der Waals surface area contributed by atoms with Crippen LogP contribution in [0.3, 0.4) is 0 Å². The molecule has 2 aromatic heterocycles. The van der Waals surface area contributed by atoms with E-state index in [1.165, 1.54) is 6.20 Å². The molecule has 0 unspecified atom stereocenters. The third-order valence-corrected chi connectivity index (χ3v) is 13.6. The van der Waals surface area contributed by atoms with Crippen molar-refractivity contribution in [3.8, 4) is 0 Å². The van der Waals surface area contributed by atoms with E-state index >= 15 is 0 Å². The molecule has 2 heterocycles. The van der Waals surface area contributed by atoms with Crippen LogP contribution >= 0.6 is 11.6 Å². The molecule has 7 heteroatoms. The van der Waals surface area contributed by atoms with E-state index in [1.54, 1.807) is 0 Å². The fourth-order valence-corrected chi connectivity index (χ4v) is 12.3. The van der Waals surface area contributed by atoms with E-state index in [2.05, 4.69) is 57.0 Å². The van der Waals surface area contributed by atoms with Crippen molar-refractivity contribution in [2.45, 2.75) is 63.1 Å². The first kappa shape index (κ1) is 19.5. The van der Waals surface area contributed by atoms with E-state index < -0.39 is 18.1 Å². The van der Waals surface area contributed by atoms with Gasteiger partial charge in [0.1, 0.15) is 10.5 Å². The summed E-state index contributed by atoms with van der Waals surface area (Å²) in [6.07, 6.45) is 4.62. The first-order valence-electron chi connectivity index (χ1n) is 8.31. The molecule has 0 N–H and O–H groups in total. The lowest BCUT2D eigenvalue weighted by Gasteiger charge is -2.44. The highest BCUT2D eigenvalue weighted by Gasteiger charge is 2.46. The lowest BCUT2D eigenvalue weighted by Crippen LogP contribution is -2.51. The minimum atomic E-state index is -3.39. The Bertz CT molecular complexity index is 835. The van der Waals surface area contributed by atoms with Gasteiger partial charge in [-0.15, -0.1) is 0 Å². The van der Waals surface area contributed by atoms with Crippen LogP contribution in [0.25, 0.3) is 11.0 Å². The molecular formula is C17H27ClN2O2SSi. The smallest absolute Gasteiger partial charge is 0.178 e. The van der Waals surface area contributed by atoms with Crippen LogP contribution < -0.4 is 0 Å². The lowest BCUT2D eigenvalue weighted by atomic mass is 10.3. The van der Waals surface area contributed by atoms with Crippen LogP contribution in [-0.4, -0.2) is 32.1 Å². The van der Waals surface area contributed by atoms with Crippen molar-refractivity contribution in [3.05, 3.63) is 23.5 Å². The molecule has 0 aliphatic carbocycles. The van der Waals surface area contributed by atoms with Crippen molar-refractivity contribution < 1.29 is 8.42 Å². The van der Waals surface area contributed by atoms with Crippen molar-refractivity contribution >= 4 is 40.7 Å². The molecule has 134 valence electrons. The van der Waals surface area contributed by atoms with Crippen molar-refractivity contribution in [1.29, 1.82) is 0 Å². The van der Waals surface area contributed by atoms with Gasteiger partial charge in [0.25, 0.3) is 0 Å². The molecule has 0 aliphatic heterocycles. The van der Waals surface area contributed by atoms with Crippen LogP contribution in [0.1, 0.15) is 41.5 Å². The summed E-state index contributed by atoms with van der Waals surface area (Å²) in [5.41, 5.74) is 2.35. The van der Waals surface area contributed by atoms with Gasteiger partial charge < -0.3 is 4.23 Å². The van der Waals surface area contributed by atoms with Crippen LogP contribution in [-0.2, 0) is 9.84 Å². The van der Waals surface area contributed by atoms with E-state index in [1.807, 2.05) is 6.07 Å². The summed E-state index contributed by atoms with van der Waals surface area (Å²) in [6.45, 7) is 13.7. The topological polar surface area (TPSA) is 52.0 Å². The Hall–Kier alpha value is -0.853. The molecule has 4 nitrogen and oxygen atoms in total. The molecule has 0 radical (unpaired) electrons. The lowest BCUT2D eigenvalue weighted by molar-refractivity contribution is 0.601. The first-order chi connectivity index (χ1) is 11.0.